The largest absolute Gasteiger partial charge is 0.493 e. The Kier molecular flexibility index (Phi) is 3.77. The fourth-order valence-corrected chi connectivity index (χ4v) is 4.76. The molecule has 0 aliphatic carbocycles. The van der Waals surface area contributed by atoms with Crippen molar-refractivity contribution in [2.75, 3.05) is 6.61 Å². The molecule has 0 unspecified atom stereocenters. The van der Waals surface area contributed by atoms with Crippen LogP contribution < -0.4 is 10.1 Å². The van der Waals surface area contributed by atoms with Crippen molar-refractivity contribution in [3.8, 4) is 5.75 Å². The number of hydrogen-bond donors (Lipinski definition) is 1. The molecule has 2 aliphatic heterocycles. The van der Waals surface area contributed by atoms with Crippen molar-refractivity contribution in [1.82, 2.24) is 15.2 Å². The Morgan fingerprint density at radius 1 is 0.903 bits per heavy atom. The topological polar surface area (TPSA) is 71.5 Å². The zero-order chi connectivity index (χ0) is 21.0. The molecule has 2 aliphatic rings. The Balaban J connectivity index is 1.45. The maximum atomic E-state index is 13.6. The molecule has 3 amide bonds. The molecule has 1 saturated heterocycles. The predicted molar refractivity (Wildman–Crippen MR) is 117 cm³/mol. The van der Waals surface area contributed by atoms with Crippen molar-refractivity contribution in [2.45, 2.75) is 18.5 Å². The number of amides is 3. The molecule has 0 radical (unpaired) electrons. The van der Waals surface area contributed by atoms with Crippen LogP contribution in [0.15, 0.2) is 72.8 Å². The molecule has 0 saturated carbocycles. The summed E-state index contributed by atoms with van der Waals surface area (Å²) in [6.07, 6.45) is 0.400. The summed E-state index contributed by atoms with van der Waals surface area (Å²) in [7, 11) is 0. The first-order chi connectivity index (χ1) is 15.2. The average Bonchev–Trinajstić information content (AvgIpc) is 3.04. The average molecular weight is 409 g/mol. The van der Waals surface area contributed by atoms with Gasteiger partial charge in [-0.05, 0) is 17.5 Å². The number of ether oxygens (including phenoxy) is 1. The number of imide groups is 1. The van der Waals surface area contributed by atoms with Gasteiger partial charge in [0.25, 0.3) is 5.91 Å². The van der Waals surface area contributed by atoms with E-state index in [1.165, 1.54) is 4.90 Å². The van der Waals surface area contributed by atoms with Gasteiger partial charge in [0.05, 0.1) is 24.4 Å². The minimum absolute atomic E-state index is 0.112. The van der Waals surface area contributed by atoms with Gasteiger partial charge in [-0.15, -0.1) is 0 Å². The van der Waals surface area contributed by atoms with Crippen molar-refractivity contribution in [1.29, 1.82) is 0 Å². The standard InChI is InChI=1S/C25H19N3O3/c29-23-25(13-14-31-22-12-6-4-10-19(22)25)27-24(30)28(23)15-21-18-9-2-1-7-16(18)17-8-3-5-11-20(17)26-21/h1-12H,13-15H2,(H,27,30)/t25-/m1/s1. The van der Waals surface area contributed by atoms with Crippen LogP contribution >= 0.6 is 0 Å². The van der Waals surface area contributed by atoms with Crippen molar-refractivity contribution < 1.29 is 14.3 Å². The fraction of sp³-hybridized carbons (Fsp3) is 0.160. The van der Waals surface area contributed by atoms with Crippen LogP contribution in [0.3, 0.4) is 0 Å². The maximum absolute atomic E-state index is 13.6. The van der Waals surface area contributed by atoms with Crippen LogP contribution in [-0.4, -0.2) is 28.4 Å². The third-order valence-corrected chi connectivity index (χ3v) is 6.25. The number of carbonyl (C=O) groups excluding carboxylic acids is 2. The van der Waals surface area contributed by atoms with E-state index in [9.17, 15) is 9.59 Å². The van der Waals surface area contributed by atoms with E-state index in [0.717, 1.165) is 21.7 Å². The number of aromatic nitrogens is 1. The predicted octanol–water partition coefficient (Wildman–Crippen LogP) is 4.12. The summed E-state index contributed by atoms with van der Waals surface area (Å²) in [6.45, 7) is 0.481. The monoisotopic (exact) mass is 409 g/mol. The first-order valence-electron chi connectivity index (χ1n) is 10.3. The molecule has 1 aromatic heterocycles. The van der Waals surface area contributed by atoms with Gasteiger partial charge < -0.3 is 10.1 Å². The van der Waals surface area contributed by atoms with Gasteiger partial charge in [-0.25, -0.2) is 4.79 Å². The molecule has 0 bridgehead atoms. The highest BCUT2D eigenvalue weighted by Gasteiger charge is 2.54. The molecular weight excluding hydrogens is 390 g/mol. The van der Waals surface area contributed by atoms with Gasteiger partial charge in [0, 0.05) is 22.8 Å². The molecule has 3 heterocycles. The van der Waals surface area contributed by atoms with E-state index in [2.05, 4.69) is 5.32 Å². The summed E-state index contributed by atoms with van der Waals surface area (Å²) >= 11 is 0. The second-order valence-electron chi connectivity index (χ2n) is 7.94. The second kappa shape index (κ2) is 6.54. The van der Waals surface area contributed by atoms with Crippen molar-refractivity contribution in [2.24, 2.45) is 0 Å². The Bertz CT molecular complexity index is 1380. The molecule has 1 spiro atoms. The molecular formula is C25H19N3O3. The number of fused-ring (bicyclic) bond motifs is 5. The lowest BCUT2D eigenvalue weighted by Crippen LogP contribution is -2.47. The number of carbonyl (C=O) groups is 2. The van der Waals surface area contributed by atoms with Crippen LogP contribution in [0.1, 0.15) is 17.7 Å². The zero-order valence-corrected chi connectivity index (χ0v) is 16.7. The van der Waals surface area contributed by atoms with E-state index in [1.807, 2.05) is 72.8 Å². The second-order valence-corrected chi connectivity index (χ2v) is 7.94. The van der Waals surface area contributed by atoms with Crippen molar-refractivity contribution in [3.63, 3.8) is 0 Å². The summed E-state index contributed by atoms with van der Waals surface area (Å²) in [5.74, 6) is 0.380. The smallest absolute Gasteiger partial charge is 0.325 e. The summed E-state index contributed by atoms with van der Waals surface area (Å²) in [4.78, 5) is 32.7. The SMILES string of the molecule is O=C1N[C@@]2(CCOc3ccccc32)C(=O)N1Cc1nc2ccccc2c2ccccc12. The van der Waals surface area contributed by atoms with Gasteiger partial charge in [-0.3, -0.25) is 14.7 Å². The van der Waals surface area contributed by atoms with Crippen LogP contribution in [0, 0.1) is 0 Å². The number of benzene rings is 3. The van der Waals surface area contributed by atoms with Gasteiger partial charge in [-0.1, -0.05) is 60.7 Å². The van der Waals surface area contributed by atoms with Crippen LogP contribution in [0.5, 0.6) is 5.75 Å². The van der Waals surface area contributed by atoms with Gasteiger partial charge in [-0.2, -0.15) is 0 Å². The van der Waals surface area contributed by atoms with Crippen LogP contribution in [0.4, 0.5) is 4.79 Å². The first-order valence-corrected chi connectivity index (χ1v) is 10.3. The zero-order valence-electron chi connectivity index (χ0n) is 16.7. The minimum atomic E-state index is -1.08. The highest BCUT2D eigenvalue weighted by molar-refractivity contribution is 6.09. The van der Waals surface area contributed by atoms with Crippen molar-refractivity contribution >= 4 is 33.6 Å². The fourth-order valence-electron chi connectivity index (χ4n) is 4.76. The lowest BCUT2D eigenvalue weighted by atomic mass is 9.84. The normalized spacial score (nSPS) is 20.2. The van der Waals surface area contributed by atoms with E-state index in [0.29, 0.717) is 30.0 Å². The summed E-state index contributed by atoms with van der Waals surface area (Å²) < 4.78 is 5.72. The minimum Gasteiger partial charge on any atom is -0.493 e. The number of urea groups is 1. The molecule has 6 nitrogen and oxygen atoms in total. The van der Waals surface area contributed by atoms with Crippen molar-refractivity contribution in [3.05, 3.63) is 84.1 Å². The maximum Gasteiger partial charge on any atom is 0.325 e. The van der Waals surface area contributed by atoms with E-state index < -0.39 is 11.6 Å². The van der Waals surface area contributed by atoms with E-state index in [1.54, 1.807) is 0 Å². The molecule has 1 atom stereocenters. The van der Waals surface area contributed by atoms with E-state index >= 15 is 0 Å². The van der Waals surface area contributed by atoms with Crippen LogP contribution in [-0.2, 0) is 16.9 Å². The number of hydrogen-bond acceptors (Lipinski definition) is 4. The molecule has 1 N–H and O–H groups in total. The van der Waals surface area contributed by atoms with E-state index in [-0.39, 0.29) is 12.5 Å². The summed E-state index contributed by atoms with van der Waals surface area (Å²) in [5.41, 5.74) is 1.17. The van der Waals surface area contributed by atoms with Gasteiger partial charge in [0.15, 0.2) is 5.54 Å². The molecule has 1 fully saturated rings. The van der Waals surface area contributed by atoms with Gasteiger partial charge in [0.2, 0.25) is 0 Å². The highest BCUT2D eigenvalue weighted by Crippen LogP contribution is 2.41. The molecule has 4 aromatic rings. The third kappa shape index (κ3) is 2.54. The lowest BCUT2D eigenvalue weighted by molar-refractivity contribution is -0.133. The Hall–Kier alpha value is -3.93. The Morgan fingerprint density at radius 3 is 2.48 bits per heavy atom. The lowest BCUT2D eigenvalue weighted by Gasteiger charge is -2.33. The van der Waals surface area contributed by atoms with Gasteiger partial charge in [0.1, 0.15) is 5.75 Å². The first kappa shape index (κ1) is 17.9. The van der Waals surface area contributed by atoms with Crippen LogP contribution in [0.25, 0.3) is 21.7 Å². The van der Waals surface area contributed by atoms with Crippen LogP contribution in [0.2, 0.25) is 0 Å². The molecule has 152 valence electrons. The number of para-hydroxylation sites is 2. The summed E-state index contributed by atoms with van der Waals surface area (Å²) in [5, 5.41) is 6.01. The quantitative estimate of drug-likeness (QED) is 0.399. The Labute approximate surface area is 178 Å². The third-order valence-electron chi connectivity index (χ3n) is 6.25. The number of rotatable bonds is 2. The van der Waals surface area contributed by atoms with Gasteiger partial charge >= 0.3 is 6.03 Å². The molecule has 6 rings (SSSR count). The molecule has 31 heavy (non-hydrogen) atoms. The number of nitrogens with zero attached hydrogens (tertiary/aromatic N) is 2. The molecule has 3 aromatic carbocycles. The number of pyridine rings is 1. The highest BCUT2D eigenvalue weighted by atomic mass is 16.5. The van der Waals surface area contributed by atoms with E-state index in [4.69, 9.17) is 9.72 Å². The summed E-state index contributed by atoms with van der Waals surface area (Å²) in [6, 6.07) is 22.9. The Morgan fingerprint density at radius 2 is 1.61 bits per heavy atom. The number of nitrogens with one attached hydrogen (secondary N) is 1. The molecule has 6 heteroatoms.